The molecule has 1 atom stereocenters. The molecule has 2 aromatic carbocycles. The molecule has 2 heterocycles. The molecule has 3 N–H and O–H groups in total. The zero-order valence-corrected chi connectivity index (χ0v) is 18.1. The third-order valence-electron chi connectivity index (χ3n) is 5.45. The molecule has 1 fully saturated rings. The van der Waals surface area contributed by atoms with Gasteiger partial charge in [-0.3, -0.25) is 10.0 Å². The molecule has 9 nitrogen and oxygen atoms in total. The van der Waals surface area contributed by atoms with Gasteiger partial charge in [-0.25, -0.2) is 18.9 Å². The van der Waals surface area contributed by atoms with Crippen LogP contribution in [0.4, 0.5) is 0 Å². The van der Waals surface area contributed by atoms with Gasteiger partial charge < -0.3 is 9.72 Å². The number of rotatable bonds is 6. The Bertz CT molecular complexity index is 1150. The lowest BCUT2D eigenvalue weighted by atomic mass is 10.1. The molecule has 32 heavy (non-hydrogen) atoms. The number of imidazole rings is 1. The van der Waals surface area contributed by atoms with Crippen LogP contribution in [0.2, 0.25) is 0 Å². The first-order chi connectivity index (χ1) is 15.5. The van der Waals surface area contributed by atoms with Gasteiger partial charge in [-0.15, -0.1) is 0 Å². The monoisotopic (exact) mass is 456 g/mol. The van der Waals surface area contributed by atoms with E-state index in [1.54, 1.807) is 30.1 Å². The number of aromatic nitrogens is 2. The Balaban J connectivity index is 1.50. The zero-order chi connectivity index (χ0) is 22.6. The first-order valence-corrected chi connectivity index (χ1v) is 11.8. The van der Waals surface area contributed by atoms with E-state index in [0.717, 1.165) is 24.1 Å². The van der Waals surface area contributed by atoms with E-state index in [2.05, 4.69) is 9.97 Å². The Morgan fingerprint density at radius 2 is 1.75 bits per heavy atom. The van der Waals surface area contributed by atoms with Crippen molar-refractivity contribution in [3.63, 3.8) is 0 Å². The van der Waals surface area contributed by atoms with Gasteiger partial charge in [0.25, 0.3) is 5.91 Å². The number of sulfonamides is 1. The number of aromatic amines is 1. The van der Waals surface area contributed by atoms with Crippen molar-refractivity contribution >= 4 is 15.9 Å². The van der Waals surface area contributed by atoms with Crippen LogP contribution < -0.4 is 10.2 Å². The van der Waals surface area contributed by atoms with Gasteiger partial charge in [0.2, 0.25) is 10.0 Å². The summed E-state index contributed by atoms with van der Waals surface area (Å²) in [7, 11) is -3.91. The number of ether oxygens (including phenoxy) is 1. The van der Waals surface area contributed by atoms with E-state index in [1.807, 2.05) is 24.3 Å². The molecule has 1 aromatic heterocycles. The van der Waals surface area contributed by atoms with Crippen molar-refractivity contribution < 1.29 is 23.2 Å². The van der Waals surface area contributed by atoms with Crippen molar-refractivity contribution in [2.24, 2.45) is 0 Å². The fourth-order valence-corrected chi connectivity index (χ4v) is 5.43. The molecule has 1 aliphatic heterocycles. The van der Waals surface area contributed by atoms with Crippen LogP contribution in [0.25, 0.3) is 11.3 Å². The molecule has 0 spiro atoms. The second-order valence-electron chi connectivity index (χ2n) is 7.52. The van der Waals surface area contributed by atoms with Crippen LogP contribution in [-0.2, 0) is 14.8 Å². The molecule has 0 saturated carbocycles. The summed E-state index contributed by atoms with van der Waals surface area (Å²) in [5.74, 6) is 0.379. The number of benzene rings is 2. The van der Waals surface area contributed by atoms with Gasteiger partial charge >= 0.3 is 0 Å². The lowest BCUT2D eigenvalue weighted by Gasteiger charge is -2.27. The number of hydrogen-bond acceptors (Lipinski definition) is 6. The first kappa shape index (κ1) is 22.0. The lowest BCUT2D eigenvalue weighted by Crippen LogP contribution is -2.48. The van der Waals surface area contributed by atoms with E-state index in [0.29, 0.717) is 24.3 Å². The Hall–Kier alpha value is -3.21. The normalized spacial score (nSPS) is 17.5. The summed E-state index contributed by atoms with van der Waals surface area (Å²) >= 11 is 0. The maximum atomic E-state index is 13.2. The molecule has 168 valence electrons. The van der Waals surface area contributed by atoms with Crippen LogP contribution in [0.3, 0.4) is 0 Å². The van der Waals surface area contributed by atoms with Gasteiger partial charge in [-0.05, 0) is 66.9 Å². The van der Waals surface area contributed by atoms with E-state index in [9.17, 15) is 13.2 Å². The van der Waals surface area contributed by atoms with Gasteiger partial charge in [-0.2, -0.15) is 4.31 Å². The molecule has 3 aromatic rings. The second-order valence-corrected chi connectivity index (χ2v) is 9.41. The topological polar surface area (TPSA) is 125 Å². The molecule has 1 aliphatic rings. The zero-order valence-electron chi connectivity index (χ0n) is 17.3. The number of carbonyl (C=O) groups excluding carboxylic acids is 1. The van der Waals surface area contributed by atoms with Crippen molar-refractivity contribution in [2.45, 2.75) is 36.6 Å². The molecule has 0 unspecified atom stereocenters. The van der Waals surface area contributed by atoms with Gasteiger partial charge in [0.05, 0.1) is 23.1 Å². The maximum absolute atomic E-state index is 13.2. The maximum Gasteiger partial charge on any atom is 0.261 e. The highest BCUT2D eigenvalue weighted by molar-refractivity contribution is 7.89. The van der Waals surface area contributed by atoms with Gasteiger partial charge in [0.15, 0.2) is 0 Å². The number of hydroxylamine groups is 1. The van der Waals surface area contributed by atoms with Crippen LogP contribution in [0, 0.1) is 0 Å². The van der Waals surface area contributed by atoms with Crippen LogP contribution in [-0.4, -0.2) is 46.4 Å². The highest BCUT2D eigenvalue weighted by Crippen LogP contribution is 2.29. The van der Waals surface area contributed by atoms with Crippen LogP contribution in [0.5, 0.6) is 11.5 Å². The first-order valence-electron chi connectivity index (χ1n) is 10.3. The Kier molecular flexibility index (Phi) is 6.54. The highest BCUT2D eigenvalue weighted by Gasteiger charge is 2.36. The molecule has 0 bridgehead atoms. The number of nitrogens with zero attached hydrogens (tertiary/aromatic N) is 2. The van der Waals surface area contributed by atoms with Crippen molar-refractivity contribution in [2.75, 3.05) is 6.54 Å². The van der Waals surface area contributed by atoms with E-state index < -0.39 is 22.0 Å². The minimum atomic E-state index is -3.91. The van der Waals surface area contributed by atoms with E-state index in [1.165, 1.54) is 16.4 Å². The summed E-state index contributed by atoms with van der Waals surface area (Å²) in [6.07, 6.45) is 5.91. The minimum Gasteiger partial charge on any atom is -0.457 e. The van der Waals surface area contributed by atoms with Crippen molar-refractivity contribution in [3.05, 3.63) is 61.1 Å². The predicted molar refractivity (Wildman–Crippen MR) is 117 cm³/mol. The van der Waals surface area contributed by atoms with E-state index in [4.69, 9.17) is 9.94 Å². The van der Waals surface area contributed by atoms with Gasteiger partial charge in [-0.1, -0.05) is 12.8 Å². The SMILES string of the molecule is O=C(NO)[C@H]1CCCCCN1S(=O)(=O)c1ccc(Oc2ccc(-c3cnc[nH]3)cc2)cc1. The molecule has 1 amide bonds. The summed E-state index contributed by atoms with van der Waals surface area (Å²) < 4.78 is 33.4. The Morgan fingerprint density at radius 3 is 2.38 bits per heavy atom. The molecular formula is C22H24N4O5S. The quantitative estimate of drug-likeness (QED) is 0.386. The summed E-state index contributed by atoms with van der Waals surface area (Å²) in [6.45, 7) is 0.224. The van der Waals surface area contributed by atoms with Gasteiger partial charge in [0.1, 0.15) is 17.5 Å². The molecule has 10 heteroatoms. The summed E-state index contributed by atoms with van der Waals surface area (Å²) in [4.78, 5) is 19.2. The fourth-order valence-electron chi connectivity index (χ4n) is 3.77. The van der Waals surface area contributed by atoms with Crippen LogP contribution in [0.1, 0.15) is 25.7 Å². The van der Waals surface area contributed by atoms with E-state index >= 15 is 0 Å². The number of carbonyl (C=O) groups is 1. The lowest BCUT2D eigenvalue weighted by molar-refractivity contribution is -0.133. The second kappa shape index (κ2) is 9.51. The number of amides is 1. The van der Waals surface area contributed by atoms with Crippen LogP contribution in [0.15, 0.2) is 66.0 Å². The molecular weight excluding hydrogens is 432 g/mol. The third kappa shape index (κ3) is 4.67. The summed E-state index contributed by atoms with van der Waals surface area (Å²) in [5.41, 5.74) is 3.46. The third-order valence-corrected chi connectivity index (χ3v) is 7.37. The molecule has 0 radical (unpaired) electrons. The average molecular weight is 457 g/mol. The Labute approximate surface area is 186 Å². The number of H-pyrrole nitrogens is 1. The van der Waals surface area contributed by atoms with Crippen molar-refractivity contribution in [1.29, 1.82) is 0 Å². The molecule has 1 saturated heterocycles. The predicted octanol–water partition coefficient (Wildman–Crippen LogP) is 3.31. The highest BCUT2D eigenvalue weighted by atomic mass is 32.2. The van der Waals surface area contributed by atoms with Gasteiger partial charge in [0, 0.05) is 6.54 Å². The average Bonchev–Trinajstić information content (AvgIpc) is 3.23. The summed E-state index contributed by atoms with van der Waals surface area (Å²) in [6, 6.07) is 12.6. The van der Waals surface area contributed by atoms with Crippen LogP contribution >= 0.6 is 0 Å². The fraction of sp³-hybridized carbons (Fsp3) is 0.273. The van der Waals surface area contributed by atoms with Crippen molar-refractivity contribution in [3.8, 4) is 22.8 Å². The number of nitrogens with one attached hydrogen (secondary N) is 2. The smallest absolute Gasteiger partial charge is 0.261 e. The van der Waals surface area contributed by atoms with Crippen molar-refractivity contribution in [1.82, 2.24) is 19.8 Å². The van der Waals surface area contributed by atoms with E-state index in [-0.39, 0.29) is 11.4 Å². The Morgan fingerprint density at radius 1 is 1.06 bits per heavy atom. The molecule has 4 rings (SSSR count). The molecule has 0 aliphatic carbocycles. The largest absolute Gasteiger partial charge is 0.457 e. The minimum absolute atomic E-state index is 0.0667. The summed E-state index contributed by atoms with van der Waals surface area (Å²) in [5, 5.41) is 9.04. The standard InChI is InChI=1S/C22H24N4O5S/c27-22(25-28)21-4-2-1-3-13-26(21)32(29,30)19-11-9-18(10-12-19)31-17-7-5-16(6-8-17)20-14-23-15-24-20/h5-12,14-15,21,28H,1-4,13H2,(H,23,24)(H,25,27)/t21-/m1/s1. The number of hydrogen-bond donors (Lipinski definition) is 3.